The molecule has 1 aliphatic carbocycles. The quantitative estimate of drug-likeness (QED) is 0.588. The number of anilines is 1. The maximum Gasteiger partial charge on any atom is 0.223 e. The number of hydrogen-bond acceptors (Lipinski definition) is 3. The van der Waals surface area contributed by atoms with Crippen molar-refractivity contribution < 1.29 is 9.18 Å². The molecule has 33 heavy (non-hydrogen) atoms. The summed E-state index contributed by atoms with van der Waals surface area (Å²) in [5.74, 6) is 1.59. The first-order chi connectivity index (χ1) is 16.1. The number of amides is 1. The zero-order chi connectivity index (χ0) is 22.8. The molecule has 0 bridgehead atoms. The van der Waals surface area contributed by atoms with Gasteiger partial charge in [-0.05, 0) is 61.4 Å². The van der Waals surface area contributed by atoms with E-state index < -0.39 is 0 Å². The Balaban J connectivity index is 1.30. The SMILES string of the molecule is C[C@@H]1CCCC[C@H]1NC(=O)C1CCN(c2nc3ccccc3n2Cc2ccc(F)cc2)CC1. The number of aromatic nitrogens is 2. The fraction of sp³-hybridized carbons (Fsp3) is 0.481. The molecular weight excluding hydrogens is 415 g/mol. The van der Waals surface area contributed by atoms with Crippen LogP contribution in [-0.4, -0.2) is 34.6 Å². The first kappa shape index (κ1) is 21.9. The fourth-order valence-electron chi connectivity index (χ4n) is 5.41. The van der Waals surface area contributed by atoms with Crippen molar-refractivity contribution >= 4 is 22.9 Å². The molecule has 2 aromatic carbocycles. The Morgan fingerprint density at radius 1 is 1.03 bits per heavy atom. The van der Waals surface area contributed by atoms with Gasteiger partial charge in [0, 0.05) is 25.0 Å². The second-order valence-electron chi connectivity index (χ2n) is 9.75. The predicted molar refractivity (Wildman–Crippen MR) is 130 cm³/mol. The van der Waals surface area contributed by atoms with Crippen LogP contribution in [0.4, 0.5) is 10.3 Å². The van der Waals surface area contributed by atoms with Crippen molar-refractivity contribution in [2.75, 3.05) is 18.0 Å². The van der Waals surface area contributed by atoms with E-state index in [1.165, 1.54) is 31.4 Å². The molecule has 0 unspecified atom stereocenters. The largest absolute Gasteiger partial charge is 0.353 e. The van der Waals surface area contributed by atoms with Crippen molar-refractivity contribution in [2.24, 2.45) is 11.8 Å². The van der Waals surface area contributed by atoms with Crippen LogP contribution >= 0.6 is 0 Å². The van der Waals surface area contributed by atoms with Gasteiger partial charge in [-0.15, -0.1) is 0 Å². The van der Waals surface area contributed by atoms with Crippen LogP contribution in [0.5, 0.6) is 0 Å². The molecule has 2 atom stereocenters. The minimum Gasteiger partial charge on any atom is -0.353 e. The summed E-state index contributed by atoms with van der Waals surface area (Å²) in [5.41, 5.74) is 3.07. The monoisotopic (exact) mass is 448 g/mol. The van der Waals surface area contributed by atoms with Crippen LogP contribution in [0.2, 0.25) is 0 Å². The lowest BCUT2D eigenvalue weighted by Gasteiger charge is -2.35. The Hall–Kier alpha value is -2.89. The molecule has 5 rings (SSSR count). The van der Waals surface area contributed by atoms with Crippen molar-refractivity contribution in [2.45, 2.75) is 58.0 Å². The van der Waals surface area contributed by atoms with E-state index >= 15 is 0 Å². The summed E-state index contributed by atoms with van der Waals surface area (Å²) in [6.45, 7) is 4.52. The minimum atomic E-state index is -0.225. The van der Waals surface area contributed by atoms with Crippen molar-refractivity contribution in [3.63, 3.8) is 0 Å². The lowest BCUT2D eigenvalue weighted by Crippen LogP contribution is -2.47. The number of rotatable bonds is 5. The maximum absolute atomic E-state index is 13.4. The van der Waals surface area contributed by atoms with Gasteiger partial charge in [0.25, 0.3) is 0 Å². The summed E-state index contributed by atoms with van der Waals surface area (Å²) in [5, 5.41) is 3.35. The highest BCUT2D eigenvalue weighted by Crippen LogP contribution is 2.29. The van der Waals surface area contributed by atoms with Gasteiger partial charge < -0.3 is 14.8 Å². The zero-order valence-electron chi connectivity index (χ0n) is 19.3. The van der Waals surface area contributed by atoms with E-state index in [-0.39, 0.29) is 17.6 Å². The number of carbonyl (C=O) groups is 1. The van der Waals surface area contributed by atoms with E-state index in [9.17, 15) is 9.18 Å². The molecule has 1 amide bonds. The van der Waals surface area contributed by atoms with Crippen molar-refractivity contribution in [3.8, 4) is 0 Å². The van der Waals surface area contributed by atoms with Gasteiger partial charge in [-0.2, -0.15) is 0 Å². The van der Waals surface area contributed by atoms with Crippen LogP contribution < -0.4 is 10.2 Å². The lowest BCUT2D eigenvalue weighted by atomic mass is 9.85. The number of para-hydroxylation sites is 2. The first-order valence-electron chi connectivity index (χ1n) is 12.3. The van der Waals surface area contributed by atoms with E-state index in [1.807, 2.05) is 30.3 Å². The van der Waals surface area contributed by atoms with E-state index in [4.69, 9.17) is 4.98 Å². The number of piperidine rings is 1. The van der Waals surface area contributed by atoms with E-state index in [0.717, 1.165) is 54.9 Å². The summed E-state index contributed by atoms with van der Waals surface area (Å²) >= 11 is 0. The number of imidazole rings is 1. The Morgan fingerprint density at radius 2 is 1.76 bits per heavy atom. The zero-order valence-corrected chi connectivity index (χ0v) is 19.3. The number of nitrogens with zero attached hydrogens (tertiary/aromatic N) is 3. The molecule has 174 valence electrons. The lowest BCUT2D eigenvalue weighted by molar-refractivity contribution is -0.126. The Labute approximate surface area is 195 Å². The average molecular weight is 449 g/mol. The van der Waals surface area contributed by atoms with Gasteiger partial charge in [0.05, 0.1) is 17.6 Å². The molecule has 1 aromatic heterocycles. The third-order valence-corrected chi connectivity index (χ3v) is 7.48. The highest BCUT2D eigenvalue weighted by Gasteiger charge is 2.30. The van der Waals surface area contributed by atoms with Gasteiger partial charge in [0.15, 0.2) is 0 Å². The van der Waals surface area contributed by atoms with E-state index in [0.29, 0.717) is 18.5 Å². The van der Waals surface area contributed by atoms with Crippen molar-refractivity contribution in [3.05, 3.63) is 59.9 Å². The third kappa shape index (κ3) is 4.75. The second-order valence-corrected chi connectivity index (χ2v) is 9.75. The van der Waals surface area contributed by atoms with Crippen LogP contribution in [0.1, 0.15) is 51.0 Å². The Bertz CT molecular complexity index is 1100. The van der Waals surface area contributed by atoms with Crippen molar-refractivity contribution in [1.82, 2.24) is 14.9 Å². The molecule has 2 fully saturated rings. The second kappa shape index (κ2) is 9.54. The van der Waals surface area contributed by atoms with Crippen molar-refractivity contribution in [1.29, 1.82) is 0 Å². The van der Waals surface area contributed by atoms with Crippen LogP contribution in [0.25, 0.3) is 11.0 Å². The smallest absolute Gasteiger partial charge is 0.223 e. The van der Waals surface area contributed by atoms with Gasteiger partial charge in [-0.3, -0.25) is 4.79 Å². The summed E-state index contributed by atoms with van der Waals surface area (Å²) < 4.78 is 15.6. The highest BCUT2D eigenvalue weighted by atomic mass is 19.1. The molecule has 2 heterocycles. The number of halogens is 1. The number of fused-ring (bicyclic) bond motifs is 1. The normalized spacial score (nSPS) is 21.9. The molecule has 6 heteroatoms. The number of benzene rings is 2. The third-order valence-electron chi connectivity index (χ3n) is 7.48. The Morgan fingerprint density at radius 3 is 2.52 bits per heavy atom. The maximum atomic E-state index is 13.4. The molecule has 1 saturated heterocycles. The van der Waals surface area contributed by atoms with Gasteiger partial charge in [-0.25, -0.2) is 9.37 Å². The topological polar surface area (TPSA) is 50.2 Å². The molecule has 1 N–H and O–H groups in total. The molecule has 1 aliphatic heterocycles. The number of nitrogens with one attached hydrogen (secondary N) is 1. The van der Waals surface area contributed by atoms with Gasteiger partial charge in [0.1, 0.15) is 5.82 Å². The highest BCUT2D eigenvalue weighted by molar-refractivity contribution is 5.80. The summed E-state index contributed by atoms with van der Waals surface area (Å²) in [6.07, 6.45) is 6.51. The van der Waals surface area contributed by atoms with Gasteiger partial charge in [0.2, 0.25) is 11.9 Å². The molecular formula is C27H33FN4O. The predicted octanol–water partition coefficient (Wildman–Crippen LogP) is 5.14. The number of carbonyl (C=O) groups excluding carboxylic acids is 1. The molecule has 0 radical (unpaired) electrons. The number of hydrogen-bond donors (Lipinski definition) is 1. The standard InChI is InChI=1S/C27H33FN4O/c1-19-6-2-3-7-23(19)29-26(33)21-14-16-31(17-15-21)27-30-24-8-4-5-9-25(24)32(27)18-20-10-12-22(28)13-11-20/h4-5,8-13,19,21,23H,2-3,6-7,14-18H2,1H3,(H,29,33)/t19-,23-/m1/s1. The van der Waals surface area contributed by atoms with Gasteiger partial charge >= 0.3 is 0 Å². The van der Waals surface area contributed by atoms with Crippen LogP contribution in [0.3, 0.4) is 0 Å². The fourth-order valence-corrected chi connectivity index (χ4v) is 5.41. The minimum absolute atomic E-state index is 0.0744. The molecule has 5 nitrogen and oxygen atoms in total. The van der Waals surface area contributed by atoms with Gasteiger partial charge in [-0.1, -0.05) is 44.0 Å². The molecule has 2 aliphatic rings. The molecule has 3 aromatic rings. The molecule has 1 saturated carbocycles. The first-order valence-corrected chi connectivity index (χ1v) is 12.3. The van der Waals surface area contributed by atoms with E-state index in [1.54, 1.807) is 0 Å². The van der Waals surface area contributed by atoms with Crippen LogP contribution in [0.15, 0.2) is 48.5 Å². The van der Waals surface area contributed by atoms with E-state index in [2.05, 4.69) is 27.8 Å². The van der Waals surface area contributed by atoms with Crippen LogP contribution in [-0.2, 0) is 11.3 Å². The average Bonchev–Trinajstić information content (AvgIpc) is 3.20. The summed E-state index contributed by atoms with van der Waals surface area (Å²) in [4.78, 5) is 20.2. The summed E-state index contributed by atoms with van der Waals surface area (Å²) in [6, 6.07) is 15.2. The molecule has 0 spiro atoms. The Kier molecular flexibility index (Phi) is 6.34. The van der Waals surface area contributed by atoms with Crippen LogP contribution in [0, 0.1) is 17.7 Å². The summed E-state index contributed by atoms with van der Waals surface area (Å²) in [7, 11) is 0.